The van der Waals surface area contributed by atoms with Gasteiger partial charge in [-0.1, -0.05) is 19.1 Å². The second-order valence-electron chi connectivity index (χ2n) is 7.98. The zero-order valence-electron chi connectivity index (χ0n) is 18.1. The highest BCUT2D eigenvalue weighted by Gasteiger charge is 2.18. The normalized spacial score (nSPS) is 12.3. The van der Waals surface area contributed by atoms with Crippen LogP contribution < -0.4 is 5.32 Å². The lowest BCUT2D eigenvalue weighted by atomic mass is 10.1. The number of aromatic nitrogens is 5. The van der Waals surface area contributed by atoms with E-state index in [0.717, 1.165) is 17.9 Å². The van der Waals surface area contributed by atoms with E-state index in [1.165, 1.54) is 10.7 Å². The van der Waals surface area contributed by atoms with Crippen molar-refractivity contribution in [3.63, 3.8) is 0 Å². The Bertz CT molecular complexity index is 1260. The largest absolute Gasteiger partial charge is 0.352 e. The van der Waals surface area contributed by atoms with Gasteiger partial charge in [0.1, 0.15) is 11.5 Å². The lowest BCUT2D eigenvalue weighted by Crippen LogP contribution is -2.30. The Morgan fingerprint density at radius 1 is 1.16 bits per heavy atom. The third-order valence-corrected chi connectivity index (χ3v) is 5.19. The summed E-state index contributed by atoms with van der Waals surface area (Å²) < 4.78 is 17.7. The number of nitrogens with zero attached hydrogens (tertiary/aromatic N) is 5. The Morgan fingerprint density at radius 2 is 1.94 bits per heavy atom. The molecule has 3 aromatic heterocycles. The van der Waals surface area contributed by atoms with E-state index >= 15 is 0 Å². The number of para-hydroxylation sites is 1. The van der Waals surface area contributed by atoms with E-state index in [0.29, 0.717) is 34.5 Å². The van der Waals surface area contributed by atoms with Gasteiger partial charge in [-0.2, -0.15) is 10.2 Å². The zero-order valence-corrected chi connectivity index (χ0v) is 18.1. The molecule has 1 amide bonds. The molecule has 4 aromatic rings. The van der Waals surface area contributed by atoms with Gasteiger partial charge in [-0.3, -0.25) is 9.48 Å². The van der Waals surface area contributed by atoms with Crippen molar-refractivity contribution in [1.82, 2.24) is 29.9 Å². The second kappa shape index (κ2) is 8.29. The molecular weight excluding hydrogens is 395 g/mol. The number of benzene rings is 1. The Balaban J connectivity index is 1.56. The molecule has 1 atom stereocenters. The third kappa shape index (κ3) is 4.19. The molecule has 0 unspecified atom stereocenters. The molecule has 31 heavy (non-hydrogen) atoms. The van der Waals surface area contributed by atoms with Crippen LogP contribution in [-0.2, 0) is 6.54 Å². The predicted molar refractivity (Wildman–Crippen MR) is 117 cm³/mol. The highest BCUT2D eigenvalue weighted by Crippen LogP contribution is 2.22. The minimum atomic E-state index is -0.403. The van der Waals surface area contributed by atoms with Crippen LogP contribution in [0.15, 0.2) is 42.6 Å². The lowest BCUT2D eigenvalue weighted by molar-refractivity contribution is 0.0948. The van der Waals surface area contributed by atoms with Crippen molar-refractivity contribution in [2.75, 3.05) is 6.54 Å². The first-order chi connectivity index (χ1) is 14.8. The summed E-state index contributed by atoms with van der Waals surface area (Å²) in [4.78, 5) is 17.5. The number of amides is 1. The first-order valence-corrected chi connectivity index (χ1v) is 10.2. The van der Waals surface area contributed by atoms with Gasteiger partial charge in [0, 0.05) is 24.5 Å². The summed E-state index contributed by atoms with van der Waals surface area (Å²) >= 11 is 0. The van der Waals surface area contributed by atoms with Gasteiger partial charge in [0.2, 0.25) is 0 Å². The summed E-state index contributed by atoms with van der Waals surface area (Å²) in [6, 6.07) is 10.1. The molecule has 7 nitrogen and oxygen atoms in total. The fraction of sp³-hybridized carbons (Fsp3) is 0.304. The molecule has 0 saturated carbocycles. The standard InChI is InChI=1S/C23H25FN6O/c1-14(13-29-17(4)9-16(3)28-29)11-25-23(31)18-10-15(2)27-22-19(18)12-26-30(22)21-8-6-5-7-20(21)24/h5-10,12,14H,11,13H2,1-4H3,(H,25,31)/t14-/m0/s1. The van der Waals surface area contributed by atoms with Crippen LogP contribution in [0.3, 0.4) is 0 Å². The van der Waals surface area contributed by atoms with Crippen molar-refractivity contribution in [3.8, 4) is 5.69 Å². The fourth-order valence-electron chi connectivity index (χ4n) is 3.69. The number of rotatable bonds is 6. The Kier molecular flexibility index (Phi) is 5.54. The average Bonchev–Trinajstić information content (AvgIpc) is 3.28. The van der Waals surface area contributed by atoms with E-state index < -0.39 is 5.82 Å². The Labute approximate surface area is 179 Å². The van der Waals surface area contributed by atoms with E-state index in [1.54, 1.807) is 37.4 Å². The third-order valence-electron chi connectivity index (χ3n) is 5.19. The summed E-state index contributed by atoms with van der Waals surface area (Å²) in [7, 11) is 0. The van der Waals surface area contributed by atoms with Gasteiger partial charge in [-0.25, -0.2) is 14.1 Å². The minimum absolute atomic E-state index is 0.196. The molecule has 1 aromatic carbocycles. The number of aryl methyl sites for hydroxylation is 3. The molecular formula is C23H25FN6O. The molecule has 0 aliphatic carbocycles. The first-order valence-electron chi connectivity index (χ1n) is 10.2. The van der Waals surface area contributed by atoms with E-state index in [2.05, 4.69) is 27.4 Å². The summed E-state index contributed by atoms with van der Waals surface area (Å²) in [5.41, 5.74) is 3.96. The zero-order chi connectivity index (χ0) is 22.1. The first kappa shape index (κ1) is 20.7. The van der Waals surface area contributed by atoms with Gasteiger partial charge in [0.05, 0.1) is 22.8 Å². The van der Waals surface area contributed by atoms with Crippen LogP contribution in [0.25, 0.3) is 16.7 Å². The Hall–Kier alpha value is -3.55. The van der Waals surface area contributed by atoms with E-state index in [1.807, 2.05) is 24.6 Å². The van der Waals surface area contributed by atoms with Crippen LogP contribution in [0.4, 0.5) is 4.39 Å². The minimum Gasteiger partial charge on any atom is -0.352 e. The summed E-state index contributed by atoms with van der Waals surface area (Å²) in [5, 5.41) is 12.4. The maximum absolute atomic E-state index is 14.3. The van der Waals surface area contributed by atoms with Crippen LogP contribution in [-0.4, -0.2) is 37.0 Å². The monoisotopic (exact) mass is 420 g/mol. The van der Waals surface area contributed by atoms with Crippen molar-refractivity contribution in [2.45, 2.75) is 34.2 Å². The quantitative estimate of drug-likeness (QED) is 0.515. The molecule has 160 valence electrons. The van der Waals surface area contributed by atoms with Gasteiger partial charge in [-0.05, 0) is 51.0 Å². The highest BCUT2D eigenvalue weighted by molar-refractivity contribution is 6.05. The molecule has 8 heteroatoms. The number of nitrogens with one attached hydrogen (secondary N) is 1. The van der Waals surface area contributed by atoms with Crippen molar-refractivity contribution in [2.24, 2.45) is 5.92 Å². The number of fused-ring (bicyclic) bond motifs is 1. The van der Waals surface area contributed by atoms with Gasteiger partial charge >= 0.3 is 0 Å². The summed E-state index contributed by atoms with van der Waals surface area (Å²) in [6.07, 6.45) is 1.56. The maximum Gasteiger partial charge on any atom is 0.252 e. The van der Waals surface area contributed by atoms with Gasteiger partial charge in [-0.15, -0.1) is 0 Å². The number of pyridine rings is 1. The van der Waals surface area contributed by atoms with Crippen molar-refractivity contribution >= 4 is 16.9 Å². The van der Waals surface area contributed by atoms with E-state index in [-0.39, 0.29) is 11.8 Å². The van der Waals surface area contributed by atoms with Crippen LogP contribution in [0, 0.1) is 32.5 Å². The average molecular weight is 420 g/mol. The van der Waals surface area contributed by atoms with Crippen LogP contribution in [0.2, 0.25) is 0 Å². The highest BCUT2D eigenvalue weighted by atomic mass is 19.1. The van der Waals surface area contributed by atoms with Gasteiger partial charge in [0.15, 0.2) is 5.65 Å². The summed E-state index contributed by atoms with van der Waals surface area (Å²) in [5.74, 6) is -0.412. The number of halogens is 1. The molecule has 0 bridgehead atoms. The van der Waals surface area contributed by atoms with Crippen molar-refractivity contribution in [3.05, 3.63) is 71.1 Å². The van der Waals surface area contributed by atoms with Crippen molar-refractivity contribution in [1.29, 1.82) is 0 Å². The number of hydrogen-bond donors (Lipinski definition) is 1. The molecule has 0 saturated heterocycles. The second-order valence-corrected chi connectivity index (χ2v) is 7.98. The molecule has 3 heterocycles. The van der Waals surface area contributed by atoms with Crippen LogP contribution in [0.1, 0.15) is 34.4 Å². The predicted octanol–water partition coefficient (Wildman–Crippen LogP) is 3.75. The fourth-order valence-corrected chi connectivity index (χ4v) is 3.69. The van der Waals surface area contributed by atoms with Crippen LogP contribution in [0.5, 0.6) is 0 Å². The topological polar surface area (TPSA) is 77.6 Å². The Morgan fingerprint density at radius 3 is 2.65 bits per heavy atom. The molecule has 4 rings (SSSR count). The molecule has 0 radical (unpaired) electrons. The molecule has 0 aliphatic rings. The maximum atomic E-state index is 14.3. The van der Waals surface area contributed by atoms with E-state index in [4.69, 9.17) is 0 Å². The van der Waals surface area contributed by atoms with E-state index in [9.17, 15) is 9.18 Å². The molecule has 0 fully saturated rings. The summed E-state index contributed by atoms with van der Waals surface area (Å²) in [6.45, 7) is 9.08. The molecule has 0 spiro atoms. The lowest BCUT2D eigenvalue weighted by Gasteiger charge is -2.14. The number of carbonyl (C=O) groups excluding carboxylic acids is 1. The molecule has 0 aliphatic heterocycles. The van der Waals surface area contributed by atoms with Crippen LogP contribution >= 0.6 is 0 Å². The van der Waals surface area contributed by atoms with Gasteiger partial charge < -0.3 is 5.32 Å². The number of hydrogen-bond acceptors (Lipinski definition) is 4. The van der Waals surface area contributed by atoms with Crippen molar-refractivity contribution < 1.29 is 9.18 Å². The number of carbonyl (C=O) groups is 1. The smallest absolute Gasteiger partial charge is 0.252 e. The SMILES string of the molecule is Cc1cc(C(=O)NC[C@H](C)Cn2nc(C)cc2C)c2cnn(-c3ccccc3F)c2n1. The van der Waals surface area contributed by atoms with Gasteiger partial charge in [0.25, 0.3) is 5.91 Å². The molecule has 1 N–H and O–H groups in total.